The Morgan fingerprint density at radius 1 is 1.05 bits per heavy atom. The standard InChI is InChI=1S/C18H35N2/c1-5-6-7-8-13-19-14-9-11-16(19)17-12-10-15-20(17)18(2,3)4/h17H,5-15H2,1-4H3. The third-order valence-electron chi connectivity index (χ3n) is 5.05. The van der Waals surface area contributed by atoms with Gasteiger partial charge < -0.3 is 0 Å². The minimum Gasteiger partial charge on any atom is -0.294 e. The van der Waals surface area contributed by atoms with E-state index in [9.17, 15) is 0 Å². The summed E-state index contributed by atoms with van der Waals surface area (Å²) in [4.78, 5) is 5.50. The molecule has 0 aromatic rings. The van der Waals surface area contributed by atoms with Gasteiger partial charge in [-0.3, -0.25) is 9.80 Å². The Morgan fingerprint density at radius 3 is 2.55 bits per heavy atom. The van der Waals surface area contributed by atoms with Gasteiger partial charge in [0, 0.05) is 11.6 Å². The zero-order valence-electron chi connectivity index (χ0n) is 14.2. The van der Waals surface area contributed by atoms with E-state index in [1.807, 2.05) is 0 Å². The number of nitrogens with zero attached hydrogens (tertiary/aromatic N) is 2. The van der Waals surface area contributed by atoms with Crippen LogP contribution in [0.25, 0.3) is 0 Å². The first kappa shape index (κ1) is 16.3. The summed E-state index contributed by atoms with van der Waals surface area (Å²) in [5.41, 5.74) is 0.324. The number of hydrogen-bond donors (Lipinski definition) is 0. The van der Waals surface area contributed by atoms with E-state index in [1.165, 1.54) is 71.0 Å². The normalized spacial score (nSPS) is 26.7. The van der Waals surface area contributed by atoms with Crippen LogP contribution in [0, 0.1) is 6.04 Å². The lowest BCUT2D eigenvalue weighted by atomic mass is 9.98. The van der Waals surface area contributed by atoms with Crippen LogP contribution in [-0.2, 0) is 0 Å². The summed E-state index contributed by atoms with van der Waals surface area (Å²) in [7, 11) is 0. The van der Waals surface area contributed by atoms with E-state index in [2.05, 4.69) is 37.5 Å². The second-order valence-electron chi connectivity index (χ2n) is 7.66. The first-order valence-electron chi connectivity index (χ1n) is 8.91. The number of rotatable bonds is 6. The van der Waals surface area contributed by atoms with Crippen LogP contribution in [0.2, 0.25) is 0 Å². The smallest absolute Gasteiger partial charge is 0.0564 e. The molecule has 0 N–H and O–H groups in total. The summed E-state index contributed by atoms with van der Waals surface area (Å²) in [6, 6.07) is 2.51. The van der Waals surface area contributed by atoms with E-state index in [0.717, 1.165) is 6.04 Å². The van der Waals surface area contributed by atoms with Gasteiger partial charge in [0.25, 0.3) is 0 Å². The summed E-state index contributed by atoms with van der Waals surface area (Å²) in [6.45, 7) is 13.4. The fourth-order valence-electron chi connectivity index (χ4n) is 4.03. The molecular formula is C18H35N2. The van der Waals surface area contributed by atoms with Gasteiger partial charge in [-0.2, -0.15) is 0 Å². The van der Waals surface area contributed by atoms with Crippen molar-refractivity contribution in [2.75, 3.05) is 19.6 Å². The minimum atomic E-state index is 0.324. The monoisotopic (exact) mass is 279 g/mol. The molecule has 1 unspecified atom stereocenters. The minimum absolute atomic E-state index is 0.324. The van der Waals surface area contributed by atoms with E-state index < -0.39 is 0 Å². The van der Waals surface area contributed by atoms with Crippen molar-refractivity contribution in [3.63, 3.8) is 0 Å². The molecule has 2 saturated heterocycles. The Bertz CT molecular complexity index is 282. The van der Waals surface area contributed by atoms with Crippen molar-refractivity contribution in [1.82, 2.24) is 9.80 Å². The first-order chi connectivity index (χ1) is 9.54. The Balaban J connectivity index is 1.89. The van der Waals surface area contributed by atoms with Crippen molar-refractivity contribution in [3.8, 4) is 0 Å². The molecule has 0 amide bonds. The largest absolute Gasteiger partial charge is 0.294 e. The molecule has 2 rings (SSSR count). The van der Waals surface area contributed by atoms with Crippen molar-refractivity contribution in [2.45, 2.75) is 90.6 Å². The highest BCUT2D eigenvalue weighted by atomic mass is 15.3. The molecule has 0 bridgehead atoms. The summed E-state index contributed by atoms with van der Waals surface area (Å²) < 4.78 is 0. The van der Waals surface area contributed by atoms with Crippen LogP contribution in [-0.4, -0.2) is 41.0 Å². The molecule has 20 heavy (non-hydrogen) atoms. The lowest BCUT2D eigenvalue weighted by Crippen LogP contribution is -2.49. The van der Waals surface area contributed by atoms with Gasteiger partial charge in [-0.15, -0.1) is 0 Å². The van der Waals surface area contributed by atoms with Gasteiger partial charge in [0.1, 0.15) is 0 Å². The topological polar surface area (TPSA) is 6.48 Å². The van der Waals surface area contributed by atoms with Crippen LogP contribution in [0.3, 0.4) is 0 Å². The molecule has 1 radical (unpaired) electrons. The van der Waals surface area contributed by atoms with Crippen LogP contribution < -0.4 is 0 Å². The Kier molecular flexibility index (Phi) is 5.92. The molecule has 2 aliphatic rings. The maximum Gasteiger partial charge on any atom is 0.0564 e. The first-order valence-corrected chi connectivity index (χ1v) is 8.91. The average Bonchev–Trinajstić information content (AvgIpc) is 3.01. The van der Waals surface area contributed by atoms with Crippen LogP contribution >= 0.6 is 0 Å². The highest BCUT2D eigenvalue weighted by molar-refractivity contribution is 5.09. The SMILES string of the molecule is CCCCCCN1CCC[C]1C1CCCN1C(C)(C)C. The van der Waals surface area contributed by atoms with Crippen molar-refractivity contribution >= 4 is 0 Å². The second kappa shape index (κ2) is 7.26. The van der Waals surface area contributed by atoms with Crippen LogP contribution in [0.4, 0.5) is 0 Å². The molecule has 2 heteroatoms. The summed E-state index contributed by atoms with van der Waals surface area (Å²) in [5, 5.41) is 0. The molecule has 0 saturated carbocycles. The molecule has 0 aromatic carbocycles. The maximum absolute atomic E-state index is 2.76. The Labute approximate surface area is 126 Å². The molecule has 2 fully saturated rings. The number of unbranched alkanes of at least 4 members (excludes halogenated alkanes) is 3. The quantitative estimate of drug-likeness (QED) is 0.662. The van der Waals surface area contributed by atoms with E-state index in [4.69, 9.17) is 0 Å². The number of likely N-dealkylation sites (tertiary alicyclic amines) is 2. The highest BCUT2D eigenvalue weighted by Crippen LogP contribution is 2.38. The number of hydrogen-bond acceptors (Lipinski definition) is 2. The predicted molar refractivity (Wildman–Crippen MR) is 87.7 cm³/mol. The molecule has 2 heterocycles. The molecule has 2 nitrogen and oxygen atoms in total. The molecule has 2 aliphatic heterocycles. The molecule has 0 spiro atoms. The van der Waals surface area contributed by atoms with Gasteiger partial charge in [-0.1, -0.05) is 26.2 Å². The third kappa shape index (κ3) is 3.98. The maximum atomic E-state index is 2.76. The van der Waals surface area contributed by atoms with Gasteiger partial charge in [0.05, 0.1) is 6.04 Å². The van der Waals surface area contributed by atoms with Gasteiger partial charge in [0.2, 0.25) is 0 Å². The molecule has 1 atom stereocenters. The van der Waals surface area contributed by atoms with Crippen LogP contribution in [0.5, 0.6) is 0 Å². The lowest BCUT2D eigenvalue weighted by Gasteiger charge is -2.41. The second-order valence-corrected chi connectivity index (χ2v) is 7.66. The predicted octanol–water partition coefficient (Wildman–Crippen LogP) is 4.46. The van der Waals surface area contributed by atoms with Crippen molar-refractivity contribution in [1.29, 1.82) is 0 Å². The Hall–Kier alpha value is -0.0800. The van der Waals surface area contributed by atoms with E-state index in [-0.39, 0.29) is 0 Å². The zero-order valence-corrected chi connectivity index (χ0v) is 14.2. The van der Waals surface area contributed by atoms with Crippen LogP contribution in [0.1, 0.15) is 79.1 Å². The fraction of sp³-hybridized carbons (Fsp3) is 0.944. The summed E-state index contributed by atoms with van der Waals surface area (Å²) in [6.07, 6.45) is 11.1. The summed E-state index contributed by atoms with van der Waals surface area (Å²) in [5.74, 6) is 0. The average molecular weight is 279 g/mol. The Morgan fingerprint density at radius 2 is 1.85 bits per heavy atom. The van der Waals surface area contributed by atoms with Gasteiger partial charge in [-0.25, -0.2) is 0 Å². The molecule has 117 valence electrons. The molecular weight excluding hydrogens is 244 g/mol. The lowest BCUT2D eigenvalue weighted by molar-refractivity contribution is 0.102. The van der Waals surface area contributed by atoms with E-state index in [1.54, 1.807) is 6.04 Å². The summed E-state index contributed by atoms with van der Waals surface area (Å²) >= 11 is 0. The van der Waals surface area contributed by atoms with Gasteiger partial charge in [-0.05, 0) is 72.5 Å². The molecule has 0 aliphatic carbocycles. The van der Waals surface area contributed by atoms with Crippen molar-refractivity contribution in [3.05, 3.63) is 6.04 Å². The van der Waals surface area contributed by atoms with Gasteiger partial charge in [0.15, 0.2) is 0 Å². The third-order valence-corrected chi connectivity index (χ3v) is 5.05. The van der Waals surface area contributed by atoms with E-state index >= 15 is 0 Å². The van der Waals surface area contributed by atoms with E-state index in [0.29, 0.717) is 5.54 Å². The van der Waals surface area contributed by atoms with Crippen LogP contribution in [0.15, 0.2) is 0 Å². The fourth-order valence-corrected chi connectivity index (χ4v) is 4.03. The van der Waals surface area contributed by atoms with Gasteiger partial charge >= 0.3 is 0 Å². The van der Waals surface area contributed by atoms with Crippen molar-refractivity contribution in [2.24, 2.45) is 0 Å². The van der Waals surface area contributed by atoms with Crippen molar-refractivity contribution < 1.29 is 0 Å². The zero-order chi connectivity index (χ0) is 14.6. The highest BCUT2D eigenvalue weighted by Gasteiger charge is 2.41. The molecule has 0 aromatic heterocycles.